The van der Waals surface area contributed by atoms with E-state index in [2.05, 4.69) is 0 Å². The second-order valence-electron chi connectivity index (χ2n) is 4.48. The van der Waals surface area contributed by atoms with Crippen molar-refractivity contribution in [1.82, 2.24) is 4.31 Å². The third-order valence-corrected chi connectivity index (χ3v) is 5.00. The van der Waals surface area contributed by atoms with Crippen molar-refractivity contribution in [3.05, 3.63) is 29.3 Å². The van der Waals surface area contributed by atoms with Crippen molar-refractivity contribution in [3.8, 4) is 0 Å². The smallest absolute Gasteiger partial charge is 0.243 e. The minimum atomic E-state index is -3.40. The molecule has 0 aliphatic carbocycles. The summed E-state index contributed by atoms with van der Waals surface area (Å²) < 4.78 is 26.2. The highest BCUT2D eigenvalue weighted by atomic mass is 32.2. The molecule has 18 heavy (non-hydrogen) atoms. The molecule has 0 heterocycles. The van der Waals surface area contributed by atoms with Gasteiger partial charge in [0, 0.05) is 20.1 Å². The fourth-order valence-corrected chi connectivity index (χ4v) is 3.20. The molecule has 0 unspecified atom stereocenters. The third kappa shape index (κ3) is 3.31. The van der Waals surface area contributed by atoms with Crippen LogP contribution >= 0.6 is 0 Å². The molecule has 0 atom stereocenters. The number of hydrogen-bond donors (Lipinski definition) is 1. The first-order valence-electron chi connectivity index (χ1n) is 6.19. The molecule has 5 heteroatoms. The lowest BCUT2D eigenvalue weighted by Gasteiger charge is -2.18. The van der Waals surface area contributed by atoms with Crippen molar-refractivity contribution in [1.29, 1.82) is 0 Å². The van der Waals surface area contributed by atoms with Crippen LogP contribution in [-0.4, -0.2) is 26.3 Å². The quantitative estimate of drug-likeness (QED) is 0.858. The Labute approximate surface area is 110 Å². The summed E-state index contributed by atoms with van der Waals surface area (Å²) in [5.41, 5.74) is 7.16. The van der Waals surface area contributed by atoms with Gasteiger partial charge in [-0.25, -0.2) is 12.7 Å². The van der Waals surface area contributed by atoms with Crippen LogP contribution in [0.25, 0.3) is 0 Å². The summed E-state index contributed by atoms with van der Waals surface area (Å²) in [6.45, 7) is 4.74. The molecule has 1 aromatic carbocycles. The minimum absolute atomic E-state index is 0.349. The molecule has 4 nitrogen and oxygen atoms in total. The van der Waals surface area contributed by atoms with E-state index in [1.807, 2.05) is 19.1 Å². The maximum Gasteiger partial charge on any atom is 0.243 e. The SMILES string of the molecule is CCCCN(C)S(=O)(=O)c1cc(CN)ccc1C. The monoisotopic (exact) mass is 270 g/mol. The molecule has 0 radical (unpaired) electrons. The lowest BCUT2D eigenvalue weighted by molar-refractivity contribution is 0.459. The highest BCUT2D eigenvalue weighted by Gasteiger charge is 2.22. The number of hydrogen-bond acceptors (Lipinski definition) is 3. The van der Waals surface area contributed by atoms with Gasteiger partial charge in [0.15, 0.2) is 0 Å². The normalized spacial score (nSPS) is 12.1. The maximum atomic E-state index is 12.4. The second kappa shape index (κ2) is 6.31. The summed E-state index contributed by atoms with van der Waals surface area (Å²) in [5.74, 6) is 0. The van der Waals surface area contributed by atoms with Gasteiger partial charge in [0.05, 0.1) is 4.90 Å². The number of nitrogens with two attached hydrogens (primary N) is 1. The lowest BCUT2D eigenvalue weighted by Crippen LogP contribution is -2.28. The topological polar surface area (TPSA) is 63.4 Å². The van der Waals surface area contributed by atoms with Crippen molar-refractivity contribution < 1.29 is 8.42 Å². The van der Waals surface area contributed by atoms with Gasteiger partial charge in [-0.1, -0.05) is 25.5 Å². The van der Waals surface area contributed by atoms with E-state index >= 15 is 0 Å². The van der Waals surface area contributed by atoms with E-state index in [9.17, 15) is 8.42 Å². The zero-order valence-electron chi connectivity index (χ0n) is 11.3. The first-order chi connectivity index (χ1) is 8.43. The summed E-state index contributed by atoms with van der Waals surface area (Å²) in [4.78, 5) is 0.365. The van der Waals surface area contributed by atoms with Gasteiger partial charge in [-0.3, -0.25) is 0 Å². The number of nitrogens with zero attached hydrogens (tertiary/aromatic N) is 1. The lowest BCUT2D eigenvalue weighted by atomic mass is 10.1. The number of rotatable bonds is 6. The van der Waals surface area contributed by atoms with E-state index in [-0.39, 0.29) is 0 Å². The van der Waals surface area contributed by atoms with E-state index in [1.54, 1.807) is 20.0 Å². The van der Waals surface area contributed by atoms with Crippen LogP contribution in [-0.2, 0) is 16.6 Å². The zero-order valence-corrected chi connectivity index (χ0v) is 12.1. The van der Waals surface area contributed by atoms with Gasteiger partial charge in [0.1, 0.15) is 0 Å². The zero-order chi connectivity index (χ0) is 13.8. The Balaban J connectivity index is 3.11. The van der Waals surface area contributed by atoms with E-state index in [0.29, 0.717) is 18.0 Å². The Hall–Kier alpha value is -0.910. The van der Waals surface area contributed by atoms with Gasteiger partial charge >= 0.3 is 0 Å². The van der Waals surface area contributed by atoms with E-state index in [1.165, 1.54) is 4.31 Å². The molecule has 102 valence electrons. The summed E-state index contributed by atoms with van der Waals surface area (Å²) >= 11 is 0. The number of benzene rings is 1. The summed E-state index contributed by atoms with van der Waals surface area (Å²) in [6.07, 6.45) is 1.84. The van der Waals surface area contributed by atoms with Gasteiger partial charge < -0.3 is 5.73 Å². The second-order valence-corrected chi connectivity index (χ2v) is 6.50. The Morgan fingerprint density at radius 1 is 1.33 bits per heavy atom. The summed E-state index contributed by atoms with van der Waals surface area (Å²) in [7, 11) is -1.77. The van der Waals surface area contributed by atoms with Crippen LogP contribution in [0, 0.1) is 6.92 Å². The molecular weight excluding hydrogens is 248 g/mol. The summed E-state index contributed by atoms with van der Waals surface area (Å²) in [5, 5.41) is 0. The molecule has 0 aromatic heterocycles. The first-order valence-corrected chi connectivity index (χ1v) is 7.63. The Bertz CT molecular complexity index is 498. The molecule has 1 aromatic rings. The van der Waals surface area contributed by atoms with Gasteiger partial charge in [0.2, 0.25) is 10.0 Å². The first kappa shape index (κ1) is 15.1. The Kier molecular flexibility index (Phi) is 5.31. The molecule has 0 fully saturated rings. The van der Waals surface area contributed by atoms with Gasteiger partial charge in [-0.15, -0.1) is 0 Å². The highest BCUT2D eigenvalue weighted by molar-refractivity contribution is 7.89. The maximum absolute atomic E-state index is 12.4. The van der Waals surface area contributed by atoms with E-state index in [0.717, 1.165) is 24.0 Å². The average Bonchev–Trinajstić information content (AvgIpc) is 2.36. The van der Waals surface area contributed by atoms with Crippen molar-refractivity contribution >= 4 is 10.0 Å². The molecule has 0 aliphatic heterocycles. The van der Waals surface area contributed by atoms with Crippen molar-refractivity contribution in [3.63, 3.8) is 0 Å². The summed E-state index contributed by atoms with van der Waals surface area (Å²) in [6, 6.07) is 5.34. The number of sulfonamides is 1. The van der Waals surface area contributed by atoms with Crippen LogP contribution in [0.3, 0.4) is 0 Å². The molecule has 1 rings (SSSR count). The molecule has 0 bridgehead atoms. The molecule has 0 amide bonds. The third-order valence-electron chi connectivity index (χ3n) is 3.00. The van der Waals surface area contributed by atoms with Gasteiger partial charge in [-0.05, 0) is 30.5 Å². The molecule has 0 saturated heterocycles. The molecule has 2 N–H and O–H groups in total. The largest absolute Gasteiger partial charge is 0.326 e. The molecular formula is C13H22N2O2S. The number of unbranched alkanes of at least 4 members (excludes halogenated alkanes) is 1. The molecule has 0 spiro atoms. The Morgan fingerprint density at radius 3 is 2.56 bits per heavy atom. The van der Waals surface area contributed by atoms with Gasteiger partial charge in [-0.2, -0.15) is 0 Å². The van der Waals surface area contributed by atoms with Crippen LogP contribution in [0.15, 0.2) is 23.1 Å². The van der Waals surface area contributed by atoms with Crippen LogP contribution in [0.5, 0.6) is 0 Å². The van der Waals surface area contributed by atoms with Crippen molar-refractivity contribution in [2.24, 2.45) is 5.73 Å². The Morgan fingerprint density at radius 2 is 2.00 bits per heavy atom. The van der Waals surface area contributed by atoms with Crippen molar-refractivity contribution in [2.75, 3.05) is 13.6 Å². The fraction of sp³-hybridized carbons (Fsp3) is 0.538. The highest BCUT2D eigenvalue weighted by Crippen LogP contribution is 2.20. The van der Waals surface area contributed by atoms with Crippen LogP contribution in [0.1, 0.15) is 30.9 Å². The number of aryl methyl sites for hydroxylation is 1. The predicted octanol–water partition coefficient (Wildman–Crippen LogP) is 1.87. The molecule has 0 aliphatic rings. The standard InChI is InChI=1S/C13H22N2O2S/c1-4-5-8-15(3)18(16,17)13-9-12(10-14)7-6-11(13)2/h6-7,9H,4-5,8,10,14H2,1-3H3. The van der Waals surface area contributed by atoms with E-state index < -0.39 is 10.0 Å². The predicted molar refractivity (Wildman–Crippen MR) is 73.8 cm³/mol. The van der Waals surface area contributed by atoms with Crippen LogP contribution in [0.4, 0.5) is 0 Å². The molecule has 0 saturated carbocycles. The van der Waals surface area contributed by atoms with Crippen LogP contribution < -0.4 is 5.73 Å². The van der Waals surface area contributed by atoms with Crippen LogP contribution in [0.2, 0.25) is 0 Å². The van der Waals surface area contributed by atoms with Gasteiger partial charge in [0.25, 0.3) is 0 Å². The minimum Gasteiger partial charge on any atom is -0.326 e. The average molecular weight is 270 g/mol. The van der Waals surface area contributed by atoms with Crippen molar-refractivity contribution in [2.45, 2.75) is 38.1 Å². The fourth-order valence-electron chi connectivity index (χ4n) is 1.72. The van der Waals surface area contributed by atoms with E-state index in [4.69, 9.17) is 5.73 Å².